The van der Waals surface area contributed by atoms with E-state index in [1.807, 2.05) is 18.2 Å². The number of carbonyl (C=O) groups excluding carboxylic acids is 2. The van der Waals surface area contributed by atoms with Gasteiger partial charge >= 0.3 is 0 Å². The van der Waals surface area contributed by atoms with Gasteiger partial charge in [0, 0.05) is 18.4 Å². The Balaban J connectivity index is 1.45. The third-order valence-corrected chi connectivity index (χ3v) is 5.31. The Morgan fingerprint density at radius 3 is 2.59 bits per heavy atom. The third kappa shape index (κ3) is 4.93. The van der Waals surface area contributed by atoms with Crippen molar-refractivity contribution >= 4 is 23.6 Å². The van der Waals surface area contributed by atoms with Gasteiger partial charge < -0.3 is 15.2 Å². The Bertz CT molecular complexity index is 1370. The van der Waals surface area contributed by atoms with E-state index in [9.17, 15) is 27.6 Å². The summed E-state index contributed by atoms with van der Waals surface area (Å²) < 4.78 is 41.4. The normalized spacial score (nSPS) is 12.6. The highest BCUT2D eigenvalue weighted by atomic mass is 19.2. The quantitative estimate of drug-likeness (QED) is 0.544. The highest BCUT2D eigenvalue weighted by Crippen LogP contribution is 2.24. The SMILES string of the molecule is Cc1cc(C(=O)NCC=Cc2ccc3c(c2)NC(=O)C3)c(=O)n(Cc2cc(F)c(F)c(F)c2)c1. The lowest BCUT2D eigenvalue weighted by atomic mass is 10.1. The number of amides is 2. The van der Waals surface area contributed by atoms with Gasteiger partial charge in [0.2, 0.25) is 5.91 Å². The molecule has 2 amide bonds. The molecule has 2 N–H and O–H groups in total. The molecule has 4 rings (SSSR count). The van der Waals surface area contributed by atoms with Gasteiger partial charge in [0.25, 0.3) is 11.5 Å². The first-order valence-corrected chi connectivity index (χ1v) is 10.4. The number of anilines is 1. The Morgan fingerprint density at radius 2 is 1.85 bits per heavy atom. The predicted octanol–water partition coefficient (Wildman–Crippen LogP) is 3.56. The maximum Gasteiger partial charge on any atom is 0.263 e. The minimum atomic E-state index is -1.59. The number of carbonyl (C=O) groups is 2. The van der Waals surface area contributed by atoms with E-state index in [1.54, 1.807) is 19.1 Å². The molecule has 0 saturated carbocycles. The van der Waals surface area contributed by atoms with Crippen LogP contribution < -0.4 is 16.2 Å². The zero-order valence-electron chi connectivity index (χ0n) is 18.1. The molecule has 0 atom stereocenters. The maximum atomic E-state index is 13.5. The lowest BCUT2D eigenvalue weighted by Gasteiger charge is -2.11. The van der Waals surface area contributed by atoms with E-state index >= 15 is 0 Å². The molecule has 2 heterocycles. The van der Waals surface area contributed by atoms with Crippen LogP contribution in [-0.2, 0) is 17.8 Å². The van der Waals surface area contributed by atoms with E-state index in [0.717, 1.165) is 33.5 Å². The number of aromatic nitrogens is 1. The highest BCUT2D eigenvalue weighted by molar-refractivity contribution is 5.99. The van der Waals surface area contributed by atoms with Crippen LogP contribution in [0.2, 0.25) is 0 Å². The van der Waals surface area contributed by atoms with Gasteiger partial charge in [-0.1, -0.05) is 24.3 Å². The number of nitrogens with one attached hydrogen (secondary N) is 2. The first-order valence-electron chi connectivity index (χ1n) is 10.4. The molecule has 9 heteroatoms. The van der Waals surface area contributed by atoms with E-state index in [2.05, 4.69) is 10.6 Å². The van der Waals surface area contributed by atoms with Gasteiger partial charge in [-0.2, -0.15) is 0 Å². The minimum Gasteiger partial charge on any atom is -0.348 e. The lowest BCUT2D eigenvalue weighted by molar-refractivity contribution is -0.115. The summed E-state index contributed by atoms with van der Waals surface area (Å²) in [6.07, 6.45) is 5.28. The molecule has 0 saturated heterocycles. The number of aryl methyl sites for hydroxylation is 1. The van der Waals surface area contributed by atoms with Gasteiger partial charge in [-0.3, -0.25) is 14.4 Å². The van der Waals surface area contributed by atoms with Crippen molar-refractivity contribution in [2.75, 3.05) is 11.9 Å². The van der Waals surface area contributed by atoms with Crippen molar-refractivity contribution in [3.63, 3.8) is 0 Å². The van der Waals surface area contributed by atoms with Gasteiger partial charge in [-0.05, 0) is 53.4 Å². The summed E-state index contributed by atoms with van der Waals surface area (Å²) in [4.78, 5) is 36.8. The van der Waals surface area contributed by atoms with Crippen LogP contribution in [0.1, 0.15) is 32.6 Å². The molecule has 34 heavy (non-hydrogen) atoms. The lowest BCUT2D eigenvalue weighted by Crippen LogP contribution is -2.33. The summed E-state index contributed by atoms with van der Waals surface area (Å²) >= 11 is 0. The van der Waals surface area contributed by atoms with Crippen LogP contribution in [0.3, 0.4) is 0 Å². The van der Waals surface area contributed by atoms with Crippen LogP contribution in [0.15, 0.2) is 53.5 Å². The second kappa shape index (κ2) is 9.38. The number of hydrogen-bond donors (Lipinski definition) is 2. The predicted molar refractivity (Wildman–Crippen MR) is 121 cm³/mol. The molecule has 0 unspecified atom stereocenters. The van der Waals surface area contributed by atoms with E-state index in [0.29, 0.717) is 12.0 Å². The van der Waals surface area contributed by atoms with E-state index in [-0.39, 0.29) is 30.1 Å². The fraction of sp³-hybridized carbons (Fsp3) is 0.160. The molecule has 0 aliphatic carbocycles. The number of fused-ring (bicyclic) bond motifs is 1. The zero-order chi connectivity index (χ0) is 24.4. The molecular weight excluding hydrogens is 447 g/mol. The summed E-state index contributed by atoms with van der Waals surface area (Å²) in [5.74, 6) is -4.96. The first kappa shape index (κ1) is 23.0. The van der Waals surface area contributed by atoms with Crippen molar-refractivity contribution in [1.29, 1.82) is 0 Å². The molecule has 1 aliphatic heterocycles. The number of benzene rings is 2. The van der Waals surface area contributed by atoms with Crippen LogP contribution in [0.5, 0.6) is 0 Å². The van der Waals surface area contributed by atoms with Crippen molar-refractivity contribution in [2.45, 2.75) is 19.9 Å². The fourth-order valence-electron chi connectivity index (χ4n) is 3.74. The monoisotopic (exact) mass is 467 g/mol. The van der Waals surface area contributed by atoms with Gasteiger partial charge in [0.1, 0.15) is 5.56 Å². The average Bonchev–Trinajstić information content (AvgIpc) is 3.16. The largest absolute Gasteiger partial charge is 0.348 e. The Morgan fingerprint density at radius 1 is 1.12 bits per heavy atom. The molecule has 2 aromatic carbocycles. The zero-order valence-corrected chi connectivity index (χ0v) is 18.1. The fourth-order valence-corrected chi connectivity index (χ4v) is 3.74. The van der Waals surface area contributed by atoms with Crippen LogP contribution in [0.4, 0.5) is 18.9 Å². The highest BCUT2D eigenvalue weighted by Gasteiger charge is 2.17. The molecule has 0 radical (unpaired) electrons. The van der Waals surface area contributed by atoms with Crippen molar-refractivity contribution in [1.82, 2.24) is 9.88 Å². The Labute approximate surface area is 192 Å². The molecule has 0 fully saturated rings. The Kier molecular flexibility index (Phi) is 6.36. The second-order valence-corrected chi connectivity index (χ2v) is 7.99. The molecule has 1 aliphatic rings. The molecule has 3 aromatic rings. The van der Waals surface area contributed by atoms with Gasteiger partial charge in [0.05, 0.1) is 13.0 Å². The Hall–Kier alpha value is -4.14. The summed E-state index contributed by atoms with van der Waals surface area (Å²) in [5, 5.41) is 5.41. The van der Waals surface area contributed by atoms with Crippen molar-refractivity contribution < 1.29 is 22.8 Å². The van der Waals surface area contributed by atoms with Crippen LogP contribution in [0.25, 0.3) is 6.08 Å². The first-order chi connectivity index (χ1) is 16.2. The number of halogens is 3. The van der Waals surface area contributed by atoms with Gasteiger partial charge in [-0.15, -0.1) is 0 Å². The van der Waals surface area contributed by atoms with Crippen molar-refractivity contribution in [2.24, 2.45) is 0 Å². The maximum absolute atomic E-state index is 13.5. The number of hydrogen-bond acceptors (Lipinski definition) is 3. The van der Waals surface area contributed by atoms with Crippen LogP contribution in [-0.4, -0.2) is 22.9 Å². The van der Waals surface area contributed by atoms with E-state index < -0.39 is 28.9 Å². The van der Waals surface area contributed by atoms with Gasteiger partial charge in [0.15, 0.2) is 17.5 Å². The number of nitrogens with zero attached hydrogens (tertiary/aromatic N) is 1. The van der Waals surface area contributed by atoms with Gasteiger partial charge in [-0.25, -0.2) is 13.2 Å². The molecule has 174 valence electrons. The van der Waals surface area contributed by atoms with Crippen LogP contribution >= 0.6 is 0 Å². The minimum absolute atomic E-state index is 0.0453. The second-order valence-electron chi connectivity index (χ2n) is 7.99. The summed E-state index contributed by atoms with van der Waals surface area (Å²) in [6, 6.07) is 8.59. The third-order valence-electron chi connectivity index (χ3n) is 5.31. The average molecular weight is 467 g/mol. The number of rotatable bonds is 6. The summed E-state index contributed by atoms with van der Waals surface area (Å²) in [6.45, 7) is 1.58. The van der Waals surface area contributed by atoms with E-state index in [4.69, 9.17) is 0 Å². The van der Waals surface area contributed by atoms with Crippen molar-refractivity contribution in [3.05, 3.63) is 104 Å². The topological polar surface area (TPSA) is 80.2 Å². The van der Waals surface area contributed by atoms with Crippen LogP contribution in [0, 0.1) is 24.4 Å². The standard InChI is InChI=1S/C25H20F3N3O3/c1-14-7-18(25(34)31(12-14)13-16-8-19(26)23(28)20(27)9-16)24(33)29-6-2-3-15-4-5-17-11-22(32)30-21(17)10-15/h2-5,7-10,12H,6,11,13H2,1H3,(H,29,33)(H,30,32). The smallest absolute Gasteiger partial charge is 0.263 e. The molecule has 0 spiro atoms. The van der Waals surface area contributed by atoms with E-state index in [1.165, 1.54) is 12.3 Å². The molecule has 6 nitrogen and oxygen atoms in total. The molecule has 0 bridgehead atoms. The molecule has 1 aromatic heterocycles. The summed E-state index contributed by atoms with van der Waals surface area (Å²) in [5.41, 5.74) is 2.39. The number of pyridine rings is 1. The summed E-state index contributed by atoms with van der Waals surface area (Å²) in [7, 11) is 0. The molecular formula is C25H20F3N3O3. The van der Waals surface area contributed by atoms with Crippen molar-refractivity contribution in [3.8, 4) is 0 Å².